The van der Waals surface area contributed by atoms with Crippen LogP contribution in [0.4, 0.5) is 0 Å². The van der Waals surface area contributed by atoms with E-state index in [1.165, 1.54) is 0 Å². The van der Waals surface area contributed by atoms with E-state index in [-0.39, 0.29) is 0 Å². The lowest BCUT2D eigenvalue weighted by Crippen LogP contribution is -2.26. The fourth-order valence-corrected chi connectivity index (χ4v) is 1.52. The minimum absolute atomic E-state index is 0.413. The minimum Gasteiger partial charge on any atom is -0.390 e. The molecule has 0 rings (SSSR count). The molecule has 0 aromatic carbocycles. The van der Waals surface area contributed by atoms with E-state index in [2.05, 4.69) is 15.9 Å². The second-order valence-corrected chi connectivity index (χ2v) is 3.16. The quantitative estimate of drug-likeness (QED) is 0.682. The average molecular weight is 195 g/mol. The van der Waals surface area contributed by atoms with Gasteiger partial charge in [-0.25, -0.2) is 0 Å². The van der Waals surface area contributed by atoms with Crippen molar-refractivity contribution < 1.29 is 5.11 Å². The molecule has 1 nitrogen and oxygen atoms in total. The Balaban J connectivity index is 3.62. The highest BCUT2D eigenvalue weighted by atomic mass is 79.9. The molecule has 1 N–H and O–H groups in total. The fourth-order valence-electron chi connectivity index (χ4n) is 0.779. The maximum Gasteiger partial charge on any atom is 0.0650 e. The Kier molecular flexibility index (Phi) is 4.50. The molecule has 0 saturated heterocycles. The number of rotatable bonds is 4. The summed E-state index contributed by atoms with van der Waals surface area (Å²) >= 11 is 3.31. The van der Waals surface area contributed by atoms with Gasteiger partial charge in [-0.15, -0.1) is 0 Å². The van der Waals surface area contributed by atoms with Gasteiger partial charge < -0.3 is 5.11 Å². The maximum absolute atomic E-state index is 9.60. The van der Waals surface area contributed by atoms with Gasteiger partial charge in [0.05, 0.1) is 5.60 Å². The molecule has 0 saturated carbocycles. The summed E-state index contributed by atoms with van der Waals surface area (Å²) in [6, 6.07) is 0. The summed E-state index contributed by atoms with van der Waals surface area (Å²) in [5.41, 5.74) is -0.413. The number of halogens is 1. The van der Waals surface area contributed by atoms with Crippen LogP contribution in [0.15, 0.2) is 0 Å². The Labute approximate surface area is 65.6 Å². The highest BCUT2D eigenvalue weighted by molar-refractivity contribution is 9.09. The van der Waals surface area contributed by atoms with Crippen LogP contribution < -0.4 is 0 Å². The summed E-state index contributed by atoms with van der Waals surface area (Å²) in [5, 5.41) is 10.5. The molecular formula is C7H15BrO. The first-order chi connectivity index (χ1) is 4.18. The fraction of sp³-hybridized carbons (Fsp3) is 1.00. The van der Waals surface area contributed by atoms with Crippen molar-refractivity contribution in [2.24, 2.45) is 0 Å². The van der Waals surface area contributed by atoms with Gasteiger partial charge in [-0.1, -0.05) is 29.8 Å². The Bertz CT molecular complexity index is 69.3. The van der Waals surface area contributed by atoms with Crippen LogP contribution in [0.1, 0.15) is 33.1 Å². The van der Waals surface area contributed by atoms with Gasteiger partial charge in [-0.3, -0.25) is 0 Å². The van der Waals surface area contributed by atoms with E-state index >= 15 is 0 Å². The molecule has 0 aliphatic carbocycles. The zero-order valence-electron chi connectivity index (χ0n) is 6.15. The predicted molar refractivity (Wildman–Crippen MR) is 43.9 cm³/mol. The molecule has 0 heterocycles. The molecule has 0 unspecified atom stereocenters. The van der Waals surface area contributed by atoms with Crippen molar-refractivity contribution >= 4 is 15.9 Å². The largest absolute Gasteiger partial charge is 0.390 e. The van der Waals surface area contributed by atoms with Crippen LogP contribution in [-0.4, -0.2) is 16.0 Å². The molecule has 2 heteroatoms. The molecule has 56 valence electrons. The minimum atomic E-state index is -0.413. The first-order valence-corrected chi connectivity index (χ1v) is 4.59. The number of aliphatic hydroxyl groups is 1. The van der Waals surface area contributed by atoms with Gasteiger partial charge in [0.15, 0.2) is 0 Å². The molecule has 0 aliphatic rings. The van der Waals surface area contributed by atoms with Crippen LogP contribution in [0.3, 0.4) is 0 Å². The highest BCUT2D eigenvalue weighted by Crippen LogP contribution is 2.19. The van der Waals surface area contributed by atoms with Crippen molar-refractivity contribution in [3.05, 3.63) is 0 Å². The van der Waals surface area contributed by atoms with Crippen molar-refractivity contribution in [1.82, 2.24) is 0 Å². The predicted octanol–water partition coefficient (Wildman–Crippen LogP) is 2.32. The van der Waals surface area contributed by atoms with Gasteiger partial charge in [0.25, 0.3) is 0 Å². The summed E-state index contributed by atoms with van der Waals surface area (Å²) in [6.07, 6.45) is 2.57. The molecular weight excluding hydrogens is 180 g/mol. The summed E-state index contributed by atoms with van der Waals surface area (Å²) in [7, 11) is 0. The van der Waals surface area contributed by atoms with E-state index in [1.807, 2.05) is 13.8 Å². The summed E-state index contributed by atoms with van der Waals surface area (Å²) in [4.78, 5) is 0. The molecule has 0 aliphatic heterocycles. The van der Waals surface area contributed by atoms with E-state index in [4.69, 9.17) is 0 Å². The van der Waals surface area contributed by atoms with Crippen molar-refractivity contribution in [1.29, 1.82) is 0 Å². The monoisotopic (exact) mass is 194 g/mol. The number of hydrogen-bond donors (Lipinski definition) is 1. The topological polar surface area (TPSA) is 20.2 Å². The molecule has 0 aromatic heterocycles. The molecule has 0 fully saturated rings. The third-order valence-electron chi connectivity index (χ3n) is 1.88. The Morgan fingerprint density at radius 2 is 1.78 bits per heavy atom. The number of hydrogen-bond acceptors (Lipinski definition) is 1. The summed E-state index contributed by atoms with van der Waals surface area (Å²) < 4.78 is 0. The molecule has 0 radical (unpaired) electrons. The van der Waals surface area contributed by atoms with Gasteiger partial charge in [-0.2, -0.15) is 0 Å². The van der Waals surface area contributed by atoms with Gasteiger partial charge in [-0.05, 0) is 19.3 Å². The standard InChI is InChI=1S/C7H15BrO/c1-3-7(9,4-2)5-6-8/h9H,3-6H2,1-2H3. The van der Waals surface area contributed by atoms with Crippen molar-refractivity contribution in [2.75, 3.05) is 5.33 Å². The lowest BCUT2D eigenvalue weighted by atomic mass is 9.95. The Morgan fingerprint density at radius 3 is 1.89 bits per heavy atom. The molecule has 0 aromatic rings. The Hall–Kier alpha value is 0.440. The maximum atomic E-state index is 9.60. The second kappa shape index (κ2) is 4.29. The van der Waals surface area contributed by atoms with Crippen LogP contribution in [0.5, 0.6) is 0 Å². The van der Waals surface area contributed by atoms with Crippen LogP contribution in [-0.2, 0) is 0 Å². The second-order valence-electron chi connectivity index (χ2n) is 2.37. The zero-order chi connectivity index (χ0) is 7.33. The smallest absolute Gasteiger partial charge is 0.0650 e. The molecule has 0 bridgehead atoms. The number of alkyl halides is 1. The molecule has 0 spiro atoms. The van der Waals surface area contributed by atoms with Gasteiger partial charge in [0.1, 0.15) is 0 Å². The van der Waals surface area contributed by atoms with Crippen LogP contribution in [0.25, 0.3) is 0 Å². The van der Waals surface area contributed by atoms with Crippen molar-refractivity contribution in [2.45, 2.75) is 38.7 Å². The van der Waals surface area contributed by atoms with Gasteiger partial charge in [0.2, 0.25) is 0 Å². The third-order valence-corrected chi connectivity index (χ3v) is 2.27. The van der Waals surface area contributed by atoms with E-state index in [9.17, 15) is 5.11 Å². The van der Waals surface area contributed by atoms with Crippen LogP contribution in [0.2, 0.25) is 0 Å². The van der Waals surface area contributed by atoms with Crippen molar-refractivity contribution in [3.8, 4) is 0 Å². The van der Waals surface area contributed by atoms with E-state index in [0.29, 0.717) is 0 Å². The lowest BCUT2D eigenvalue weighted by Gasteiger charge is -2.23. The summed E-state index contributed by atoms with van der Waals surface area (Å²) in [5.74, 6) is 0. The highest BCUT2D eigenvalue weighted by Gasteiger charge is 2.20. The lowest BCUT2D eigenvalue weighted by molar-refractivity contribution is 0.0300. The van der Waals surface area contributed by atoms with Gasteiger partial charge >= 0.3 is 0 Å². The normalized spacial score (nSPS) is 12.0. The van der Waals surface area contributed by atoms with Crippen molar-refractivity contribution in [3.63, 3.8) is 0 Å². The van der Waals surface area contributed by atoms with Gasteiger partial charge in [0, 0.05) is 5.33 Å². The first-order valence-electron chi connectivity index (χ1n) is 3.47. The molecule has 0 atom stereocenters. The third kappa shape index (κ3) is 3.21. The summed E-state index contributed by atoms with van der Waals surface area (Å²) in [6.45, 7) is 4.04. The van der Waals surface area contributed by atoms with E-state index < -0.39 is 5.60 Å². The molecule has 9 heavy (non-hydrogen) atoms. The molecule has 0 amide bonds. The SMILES string of the molecule is CCC(O)(CC)CCBr. The Morgan fingerprint density at radius 1 is 1.33 bits per heavy atom. The zero-order valence-corrected chi connectivity index (χ0v) is 7.74. The van der Waals surface area contributed by atoms with Crippen LogP contribution in [0, 0.1) is 0 Å². The average Bonchev–Trinajstić information content (AvgIpc) is 1.89. The van der Waals surface area contributed by atoms with Crippen LogP contribution >= 0.6 is 15.9 Å². The first kappa shape index (κ1) is 9.44. The van der Waals surface area contributed by atoms with E-state index in [0.717, 1.165) is 24.6 Å². The van der Waals surface area contributed by atoms with E-state index in [1.54, 1.807) is 0 Å².